The van der Waals surface area contributed by atoms with Crippen LogP contribution in [0.25, 0.3) is 0 Å². The third kappa shape index (κ3) is 4.18. The Kier molecular flexibility index (Phi) is 5.16. The van der Waals surface area contributed by atoms with Crippen LogP contribution >= 0.6 is 11.6 Å². The zero-order valence-corrected chi connectivity index (χ0v) is 11.7. The van der Waals surface area contributed by atoms with E-state index in [1.807, 2.05) is 6.07 Å². The second kappa shape index (κ2) is 6.87. The summed E-state index contributed by atoms with van der Waals surface area (Å²) in [6.45, 7) is 1.63. The summed E-state index contributed by atoms with van der Waals surface area (Å²) in [6, 6.07) is 4.97. The number of nitrogens with one attached hydrogen (secondary N) is 1. The number of benzene rings is 1. The molecule has 0 aliphatic heterocycles. The highest BCUT2D eigenvalue weighted by molar-refractivity contribution is 6.32. The molecule has 0 amide bonds. The monoisotopic (exact) mass is 282 g/mol. The van der Waals surface area contributed by atoms with Crippen LogP contribution < -0.4 is 5.32 Å². The number of rotatable bonds is 6. The predicted octanol–water partition coefficient (Wildman–Crippen LogP) is 3.92. The second-order valence-corrected chi connectivity index (χ2v) is 5.57. The molecule has 0 spiro atoms. The quantitative estimate of drug-likeness (QED) is 0.489. The Morgan fingerprint density at radius 2 is 2.11 bits per heavy atom. The smallest absolute Gasteiger partial charge is 0.288 e. The normalized spacial score (nSPS) is 15.8. The maximum Gasteiger partial charge on any atom is 0.288 e. The van der Waals surface area contributed by atoms with Gasteiger partial charge in [0, 0.05) is 12.6 Å². The highest BCUT2D eigenvalue weighted by Gasteiger charge is 2.14. The first-order chi connectivity index (χ1) is 9.16. The van der Waals surface area contributed by atoms with Crippen LogP contribution in [0.1, 0.15) is 37.7 Å². The molecule has 0 unspecified atom stereocenters. The zero-order valence-electron chi connectivity index (χ0n) is 10.9. The molecule has 0 atom stereocenters. The van der Waals surface area contributed by atoms with E-state index < -0.39 is 4.92 Å². The zero-order chi connectivity index (χ0) is 13.7. The molecule has 1 aromatic rings. The Labute approximate surface area is 118 Å². The summed E-state index contributed by atoms with van der Waals surface area (Å²) < 4.78 is 0. The van der Waals surface area contributed by atoms with Crippen LogP contribution in [-0.4, -0.2) is 11.5 Å². The Hall–Kier alpha value is -1.13. The van der Waals surface area contributed by atoms with E-state index in [1.54, 1.807) is 12.1 Å². The summed E-state index contributed by atoms with van der Waals surface area (Å²) >= 11 is 5.78. The van der Waals surface area contributed by atoms with Crippen LogP contribution in [0.4, 0.5) is 5.69 Å². The van der Waals surface area contributed by atoms with E-state index in [-0.39, 0.29) is 10.7 Å². The van der Waals surface area contributed by atoms with Gasteiger partial charge in [-0.1, -0.05) is 43.4 Å². The van der Waals surface area contributed by atoms with Gasteiger partial charge in [-0.15, -0.1) is 0 Å². The van der Waals surface area contributed by atoms with Crippen LogP contribution in [0.2, 0.25) is 5.02 Å². The second-order valence-electron chi connectivity index (χ2n) is 5.16. The summed E-state index contributed by atoms with van der Waals surface area (Å²) in [5.41, 5.74) is 0.888. The van der Waals surface area contributed by atoms with Gasteiger partial charge in [0.2, 0.25) is 0 Å². The van der Waals surface area contributed by atoms with Gasteiger partial charge in [0.05, 0.1) is 4.92 Å². The molecule has 1 fully saturated rings. The standard InChI is InChI=1S/C14H19ClN2O2/c15-13-6-5-12(9-14(13)17(18)19)10-16-8-7-11-3-1-2-4-11/h5-6,9,11,16H,1-4,7-8,10H2. The van der Waals surface area contributed by atoms with Crippen molar-refractivity contribution >= 4 is 17.3 Å². The predicted molar refractivity (Wildman–Crippen MR) is 76.4 cm³/mol. The van der Waals surface area contributed by atoms with Crippen LogP contribution in [0.5, 0.6) is 0 Å². The van der Waals surface area contributed by atoms with Gasteiger partial charge in [-0.25, -0.2) is 0 Å². The minimum atomic E-state index is -0.440. The molecule has 104 valence electrons. The first kappa shape index (κ1) is 14.3. The van der Waals surface area contributed by atoms with E-state index in [0.29, 0.717) is 6.54 Å². The molecule has 19 heavy (non-hydrogen) atoms. The van der Waals surface area contributed by atoms with Crippen molar-refractivity contribution in [3.05, 3.63) is 38.9 Å². The minimum Gasteiger partial charge on any atom is -0.313 e. The SMILES string of the molecule is O=[N+]([O-])c1cc(CNCCC2CCCC2)ccc1Cl. The van der Waals surface area contributed by atoms with Crippen molar-refractivity contribution in [1.82, 2.24) is 5.32 Å². The summed E-state index contributed by atoms with van der Waals surface area (Å²) in [7, 11) is 0. The maximum atomic E-state index is 10.8. The molecule has 1 saturated carbocycles. The van der Waals surface area contributed by atoms with Gasteiger partial charge >= 0.3 is 0 Å². The highest BCUT2D eigenvalue weighted by atomic mass is 35.5. The van der Waals surface area contributed by atoms with E-state index >= 15 is 0 Å². The van der Waals surface area contributed by atoms with Crippen LogP contribution in [0, 0.1) is 16.0 Å². The highest BCUT2D eigenvalue weighted by Crippen LogP contribution is 2.27. The van der Waals surface area contributed by atoms with E-state index in [9.17, 15) is 10.1 Å². The lowest BCUT2D eigenvalue weighted by molar-refractivity contribution is -0.384. The number of halogens is 1. The Bertz CT molecular complexity index is 445. The van der Waals surface area contributed by atoms with Crippen molar-refractivity contribution in [3.8, 4) is 0 Å². The fourth-order valence-corrected chi connectivity index (χ4v) is 2.83. The molecule has 5 heteroatoms. The van der Waals surface area contributed by atoms with E-state index in [2.05, 4.69) is 5.32 Å². The summed E-state index contributed by atoms with van der Waals surface area (Å²) in [4.78, 5) is 10.3. The van der Waals surface area contributed by atoms with Crippen LogP contribution in [0.15, 0.2) is 18.2 Å². The van der Waals surface area contributed by atoms with Gasteiger partial charge in [0.25, 0.3) is 5.69 Å². The third-order valence-corrected chi connectivity index (χ3v) is 4.06. The molecule has 1 aliphatic rings. The molecular weight excluding hydrogens is 264 g/mol. The molecule has 4 nitrogen and oxygen atoms in total. The van der Waals surface area contributed by atoms with Gasteiger partial charge < -0.3 is 5.32 Å². The number of nitro groups is 1. The lowest BCUT2D eigenvalue weighted by atomic mass is 10.0. The third-order valence-electron chi connectivity index (χ3n) is 3.74. The molecule has 2 rings (SSSR count). The minimum absolute atomic E-state index is 0.0169. The van der Waals surface area contributed by atoms with E-state index in [0.717, 1.165) is 18.0 Å². The Morgan fingerprint density at radius 1 is 1.37 bits per heavy atom. The molecule has 0 aromatic heterocycles. The summed E-state index contributed by atoms with van der Waals surface area (Å²) in [5.74, 6) is 0.868. The molecule has 1 N–H and O–H groups in total. The molecule has 1 aromatic carbocycles. The molecule has 0 bridgehead atoms. The Balaban J connectivity index is 1.79. The lowest BCUT2D eigenvalue weighted by Crippen LogP contribution is -2.17. The molecule has 1 aliphatic carbocycles. The fraction of sp³-hybridized carbons (Fsp3) is 0.571. The molecule has 0 radical (unpaired) electrons. The first-order valence-corrected chi connectivity index (χ1v) is 7.18. The van der Waals surface area contributed by atoms with Crippen molar-refractivity contribution < 1.29 is 4.92 Å². The Morgan fingerprint density at radius 3 is 2.79 bits per heavy atom. The van der Waals surface area contributed by atoms with Gasteiger partial charge in [-0.3, -0.25) is 10.1 Å². The van der Waals surface area contributed by atoms with Crippen LogP contribution in [-0.2, 0) is 6.54 Å². The van der Waals surface area contributed by atoms with Crippen molar-refractivity contribution in [1.29, 1.82) is 0 Å². The van der Waals surface area contributed by atoms with Gasteiger partial charge in [0.1, 0.15) is 5.02 Å². The number of hydrogen-bond donors (Lipinski definition) is 1. The van der Waals surface area contributed by atoms with Crippen molar-refractivity contribution in [2.75, 3.05) is 6.54 Å². The average molecular weight is 283 g/mol. The first-order valence-electron chi connectivity index (χ1n) is 6.80. The number of nitrogens with zero attached hydrogens (tertiary/aromatic N) is 1. The fourth-order valence-electron chi connectivity index (χ4n) is 2.65. The lowest BCUT2D eigenvalue weighted by Gasteiger charge is -2.09. The van der Waals surface area contributed by atoms with Gasteiger partial charge in [0.15, 0.2) is 0 Å². The average Bonchev–Trinajstić information content (AvgIpc) is 2.89. The van der Waals surface area contributed by atoms with Gasteiger partial charge in [-0.05, 0) is 30.5 Å². The molecule has 0 heterocycles. The van der Waals surface area contributed by atoms with E-state index in [1.165, 1.54) is 32.1 Å². The van der Waals surface area contributed by atoms with Crippen LogP contribution in [0.3, 0.4) is 0 Å². The topological polar surface area (TPSA) is 55.2 Å². The number of hydrogen-bond acceptors (Lipinski definition) is 3. The molecular formula is C14H19ClN2O2. The maximum absolute atomic E-state index is 10.8. The van der Waals surface area contributed by atoms with Crippen molar-refractivity contribution in [3.63, 3.8) is 0 Å². The molecule has 0 saturated heterocycles. The van der Waals surface area contributed by atoms with Gasteiger partial charge in [-0.2, -0.15) is 0 Å². The van der Waals surface area contributed by atoms with E-state index in [4.69, 9.17) is 11.6 Å². The largest absolute Gasteiger partial charge is 0.313 e. The summed E-state index contributed by atoms with van der Waals surface area (Å²) in [6.07, 6.45) is 6.65. The van der Waals surface area contributed by atoms with Crippen molar-refractivity contribution in [2.24, 2.45) is 5.92 Å². The van der Waals surface area contributed by atoms with Crippen molar-refractivity contribution in [2.45, 2.75) is 38.6 Å². The summed E-state index contributed by atoms with van der Waals surface area (Å²) in [5, 5.41) is 14.3. The number of nitro benzene ring substituents is 1.